The molecule has 0 radical (unpaired) electrons. The van der Waals surface area contributed by atoms with Crippen LogP contribution in [0.3, 0.4) is 0 Å². The highest BCUT2D eigenvalue weighted by atomic mass is 79.9. The lowest BCUT2D eigenvalue weighted by Gasteiger charge is -2.07. The van der Waals surface area contributed by atoms with Crippen LogP contribution < -0.4 is 5.32 Å². The lowest BCUT2D eigenvalue weighted by Crippen LogP contribution is -2.21. The summed E-state index contributed by atoms with van der Waals surface area (Å²) in [4.78, 5) is 35.3. The van der Waals surface area contributed by atoms with Crippen molar-refractivity contribution in [3.05, 3.63) is 63.6 Å². The summed E-state index contributed by atoms with van der Waals surface area (Å²) in [6, 6.07) is 13.6. The highest BCUT2D eigenvalue weighted by Gasteiger charge is 2.12. The molecule has 25 heavy (non-hydrogen) atoms. The standard InChI is InChI=1S/C18H15BrClNO4/c19-14-7-6-13(10-15(14)20)21-17(23)11-25-18(24)9-8-16(22)12-4-2-1-3-5-12/h1-7,10H,8-9,11H2,(H,21,23). The number of benzene rings is 2. The van der Waals surface area contributed by atoms with Gasteiger partial charge in [-0.2, -0.15) is 0 Å². The molecule has 0 fully saturated rings. The largest absolute Gasteiger partial charge is 0.456 e. The van der Waals surface area contributed by atoms with Gasteiger partial charge in [0.05, 0.1) is 11.4 Å². The molecule has 5 nitrogen and oxygen atoms in total. The van der Waals surface area contributed by atoms with E-state index in [1.54, 1.807) is 42.5 Å². The first-order chi connectivity index (χ1) is 12.0. The number of carbonyl (C=O) groups is 3. The highest BCUT2D eigenvalue weighted by Crippen LogP contribution is 2.25. The maximum absolute atomic E-state index is 11.9. The molecule has 0 saturated heterocycles. The van der Waals surface area contributed by atoms with Gasteiger partial charge in [-0.25, -0.2) is 0 Å². The van der Waals surface area contributed by atoms with Crippen LogP contribution >= 0.6 is 27.5 Å². The minimum Gasteiger partial charge on any atom is -0.456 e. The Morgan fingerprint density at radius 2 is 1.76 bits per heavy atom. The first-order valence-corrected chi connectivity index (χ1v) is 8.61. The van der Waals surface area contributed by atoms with E-state index in [4.69, 9.17) is 16.3 Å². The fourth-order valence-electron chi connectivity index (χ4n) is 1.97. The third-order valence-corrected chi connectivity index (χ3v) is 4.45. The van der Waals surface area contributed by atoms with E-state index in [9.17, 15) is 14.4 Å². The summed E-state index contributed by atoms with van der Waals surface area (Å²) in [5.41, 5.74) is 1.04. The molecule has 0 spiro atoms. The Morgan fingerprint density at radius 3 is 2.44 bits per heavy atom. The van der Waals surface area contributed by atoms with Gasteiger partial charge < -0.3 is 10.1 Å². The molecule has 1 amide bonds. The number of nitrogens with one attached hydrogen (secondary N) is 1. The Hall–Kier alpha value is -2.18. The second-order valence-electron chi connectivity index (χ2n) is 5.13. The van der Waals surface area contributed by atoms with Crippen molar-refractivity contribution in [2.75, 3.05) is 11.9 Å². The molecule has 0 heterocycles. The average molecular weight is 425 g/mol. The summed E-state index contributed by atoms with van der Waals surface area (Å²) < 4.78 is 5.58. The van der Waals surface area contributed by atoms with Gasteiger partial charge >= 0.3 is 5.97 Å². The van der Waals surface area contributed by atoms with E-state index in [1.165, 1.54) is 0 Å². The number of anilines is 1. The minimum absolute atomic E-state index is 0.0345. The van der Waals surface area contributed by atoms with Crippen molar-refractivity contribution in [3.8, 4) is 0 Å². The Bertz CT molecular complexity index is 780. The summed E-state index contributed by atoms with van der Waals surface area (Å²) in [6.07, 6.45) is -0.0437. The van der Waals surface area contributed by atoms with Crippen LogP contribution in [0.1, 0.15) is 23.2 Å². The third kappa shape index (κ3) is 6.32. The smallest absolute Gasteiger partial charge is 0.306 e. The van der Waals surface area contributed by atoms with Gasteiger partial charge in [-0.1, -0.05) is 41.9 Å². The van der Waals surface area contributed by atoms with Crippen LogP contribution in [0.15, 0.2) is 53.0 Å². The van der Waals surface area contributed by atoms with E-state index in [2.05, 4.69) is 21.2 Å². The van der Waals surface area contributed by atoms with Gasteiger partial charge in [0.15, 0.2) is 12.4 Å². The zero-order valence-electron chi connectivity index (χ0n) is 13.1. The van der Waals surface area contributed by atoms with Crippen LogP contribution in [0, 0.1) is 0 Å². The predicted molar refractivity (Wildman–Crippen MR) is 98.7 cm³/mol. The van der Waals surface area contributed by atoms with Crippen molar-refractivity contribution in [3.63, 3.8) is 0 Å². The molecule has 1 N–H and O–H groups in total. The number of Topliss-reactive ketones (excluding diaryl/α,β-unsaturated/α-hetero) is 1. The first-order valence-electron chi connectivity index (χ1n) is 7.44. The van der Waals surface area contributed by atoms with Gasteiger partial charge in [-0.05, 0) is 34.1 Å². The van der Waals surface area contributed by atoms with Crippen LogP contribution in [0.25, 0.3) is 0 Å². The maximum Gasteiger partial charge on any atom is 0.306 e. The number of halogens is 2. The number of rotatable bonds is 7. The minimum atomic E-state index is -0.603. The highest BCUT2D eigenvalue weighted by molar-refractivity contribution is 9.10. The van der Waals surface area contributed by atoms with E-state index < -0.39 is 18.5 Å². The Labute approximate surface area is 158 Å². The van der Waals surface area contributed by atoms with Crippen LogP contribution in [0.2, 0.25) is 5.02 Å². The van der Waals surface area contributed by atoms with E-state index in [-0.39, 0.29) is 18.6 Å². The summed E-state index contributed by atoms with van der Waals surface area (Å²) in [5, 5.41) is 3.02. The number of hydrogen-bond donors (Lipinski definition) is 1. The van der Waals surface area contributed by atoms with Gasteiger partial charge in [-0.15, -0.1) is 0 Å². The van der Waals surface area contributed by atoms with Crippen molar-refractivity contribution >= 4 is 50.9 Å². The molecule has 0 aromatic heterocycles. The quantitative estimate of drug-likeness (QED) is 0.533. The Kier molecular flexibility index (Phi) is 7.16. The van der Waals surface area contributed by atoms with E-state index >= 15 is 0 Å². The zero-order valence-corrected chi connectivity index (χ0v) is 15.5. The molecule has 0 aliphatic carbocycles. The molecular weight excluding hydrogens is 410 g/mol. The number of amides is 1. The topological polar surface area (TPSA) is 72.5 Å². The molecular formula is C18H15BrClNO4. The normalized spacial score (nSPS) is 10.2. The first kappa shape index (κ1) is 19.1. The molecule has 0 aliphatic heterocycles. The Balaban J connectivity index is 1.73. The molecule has 0 bridgehead atoms. The summed E-state index contributed by atoms with van der Waals surface area (Å²) in [6.45, 7) is -0.425. The number of carbonyl (C=O) groups excluding carboxylic acids is 3. The molecule has 2 aromatic carbocycles. The maximum atomic E-state index is 11.9. The molecule has 0 unspecified atom stereocenters. The van der Waals surface area contributed by atoms with Crippen molar-refractivity contribution < 1.29 is 19.1 Å². The van der Waals surface area contributed by atoms with Gasteiger partial charge in [0.2, 0.25) is 0 Å². The third-order valence-electron chi connectivity index (χ3n) is 3.22. The molecule has 130 valence electrons. The van der Waals surface area contributed by atoms with Crippen molar-refractivity contribution in [2.45, 2.75) is 12.8 Å². The van der Waals surface area contributed by atoms with Crippen LogP contribution in [-0.4, -0.2) is 24.3 Å². The van der Waals surface area contributed by atoms with Gasteiger partial charge in [0, 0.05) is 22.1 Å². The van der Waals surface area contributed by atoms with Gasteiger partial charge in [0.25, 0.3) is 5.91 Å². The summed E-state index contributed by atoms with van der Waals surface area (Å²) in [7, 11) is 0. The Morgan fingerprint density at radius 1 is 1.04 bits per heavy atom. The van der Waals surface area contributed by atoms with Gasteiger partial charge in [-0.3, -0.25) is 14.4 Å². The fraction of sp³-hybridized carbons (Fsp3) is 0.167. The van der Waals surface area contributed by atoms with E-state index in [1.807, 2.05) is 6.07 Å². The monoisotopic (exact) mass is 423 g/mol. The SMILES string of the molecule is O=C(COC(=O)CCC(=O)c1ccccc1)Nc1ccc(Br)c(Cl)c1. The lowest BCUT2D eigenvalue weighted by atomic mass is 10.1. The summed E-state index contributed by atoms with van der Waals surface area (Å²) >= 11 is 9.18. The zero-order chi connectivity index (χ0) is 18.2. The van der Waals surface area contributed by atoms with E-state index in [0.29, 0.717) is 20.7 Å². The second kappa shape index (κ2) is 9.34. The molecule has 2 rings (SSSR count). The predicted octanol–water partition coefficient (Wildman–Crippen LogP) is 4.25. The molecule has 0 saturated carbocycles. The average Bonchev–Trinajstić information content (AvgIpc) is 2.61. The molecule has 2 aromatic rings. The van der Waals surface area contributed by atoms with Crippen molar-refractivity contribution in [2.24, 2.45) is 0 Å². The fourth-order valence-corrected chi connectivity index (χ4v) is 2.40. The lowest BCUT2D eigenvalue weighted by molar-refractivity contribution is -0.147. The number of esters is 1. The number of ether oxygens (including phenoxy) is 1. The second-order valence-corrected chi connectivity index (χ2v) is 6.39. The molecule has 0 aliphatic rings. The van der Waals surface area contributed by atoms with Crippen LogP contribution in [0.5, 0.6) is 0 Å². The van der Waals surface area contributed by atoms with Crippen LogP contribution in [0.4, 0.5) is 5.69 Å². The van der Waals surface area contributed by atoms with E-state index in [0.717, 1.165) is 0 Å². The van der Waals surface area contributed by atoms with Crippen molar-refractivity contribution in [1.82, 2.24) is 0 Å². The molecule has 7 heteroatoms. The van der Waals surface area contributed by atoms with Gasteiger partial charge in [0.1, 0.15) is 0 Å². The summed E-state index contributed by atoms with van der Waals surface area (Å²) in [5.74, 6) is -1.24. The number of hydrogen-bond acceptors (Lipinski definition) is 4. The van der Waals surface area contributed by atoms with Crippen molar-refractivity contribution in [1.29, 1.82) is 0 Å². The molecule has 0 atom stereocenters. The number of ketones is 1. The van der Waals surface area contributed by atoms with Crippen LogP contribution in [-0.2, 0) is 14.3 Å².